The number of aliphatic hydroxyl groups excluding tert-OH is 4. The molecule has 0 aromatic carbocycles. The number of carbonyl (C=O) groups is 2. The van der Waals surface area contributed by atoms with Crippen molar-refractivity contribution in [2.75, 3.05) is 0 Å². The zero-order valence-corrected chi connectivity index (χ0v) is 13.9. The fourth-order valence-corrected chi connectivity index (χ4v) is 0.666. The summed E-state index contributed by atoms with van der Waals surface area (Å²) in [6, 6.07) is 0. The zero-order valence-electron chi connectivity index (χ0n) is 10.8. The van der Waals surface area contributed by atoms with Crippen LogP contribution in [-0.4, -0.2) is 67.0 Å². The van der Waals surface area contributed by atoms with Gasteiger partial charge in [0.25, 0.3) is 0 Å². The molecule has 0 saturated carbocycles. The first-order chi connectivity index (χ1) is 6.29. The van der Waals surface area contributed by atoms with Crippen LogP contribution in [-0.2, 0) is 9.59 Å². The SMILES string of the molecule is O=C(O)C(O)C(O)C(O)C(O)C(=O)O.[H-].[H-].[K+].[Na+]. The summed E-state index contributed by atoms with van der Waals surface area (Å²) in [5.41, 5.74) is 0. The van der Waals surface area contributed by atoms with Gasteiger partial charge in [-0.15, -0.1) is 0 Å². The van der Waals surface area contributed by atoms with E-state index in [1.54, 1.807) is 0 Å². The number of hydrogen-bond donors (Lipinski definition) is 6. The van der Waals surface area contributed by atoms with Crippen molar-refractivity contribution in [3.8, 4) is 0 Å². The average molecular weight is 274 g/mol. The van der Waals surface area contributed by atoms with Crippen molar-refractivity contribution in [1.82, 2.24) is 0 Å². The molecule has 8 nitrogen and oxygen atoms in total. The fourth-order valence-electron chi connectivity index (χ4n) is 0.666. The molecule has 0 aliphatic rings. The van der Waals surface area contributed by atoms with Gasteiger partial charge < -0.3 is 33.5 Å². The summed E-state index contributed by atoms with van der Waals surface area (Å²) in [5, 5.41) is 51.5. The van der Waals surface area contributed by atoms with E-state index in [0.29, 0.717) is 0 Å². The zero-order chi connectivity index (χ0) is 11.5. The van der Waals surface area contributed by atoms with Gasteiger partial charge in [0.1, 0.15) is 12.2 Å². The van der Waals surface area contributed by atoms with Gasteiger partial charge in [0, 0.05) is 0 Å². The molecule has 0 saturated heterocycles. The largest absolute Gasteiger partial charge is 1.00 e. The second-order valence-electron chi connectivity index (χ2n) is 2.55. The number of carboxylic acid groups (broad SMARTS) is 2. The van der Waals surface area contributed by atoms with E-state index in [4.69, 9.17) is 30.6 Å². The third-order valence-electron chi connectivity index (χ3n) is 1.50. The van der Waals surface area contributed by atoms with Crippen molar-refractivity contribution < 1.29 is 124 Å². The van der Waals surface area contributed by atoms with Gasteiger partial charge in [-0.05, 0) is 0 Å². The maximum absolute atomic E-state index is 10.1. The monoisotopic (exact) mass is 274 g/mol. The Balaban J connectivity index is -0.000000141. The van der Waals surface area contributed by atoms with E-state index in [-0.39, 0.29) is 83.8 Å². The van der Waals surface area contributed by atoms with Gasteiger partial charge in [-0.1, -0.05) is 0 Å². The van der Waals surface area contributed by atoms with Crippen LogP contribution in [0.1, 0.15) is 2.85 Å². The summed E-state index contributed by atoms with van der Waals surface area (Å²) in [5.74, 6) is -3.68. The van der Waals surface area contributed by atoms with E-state index >= 15 is 0 Å². The Hall–Kier alpha value is 1.42. The van der Waals surface area contributed by atoms with Crippen LogP contribution in [0.3, 0.4) is 0 Å². The van der Waals surface area contributed by atoms with E-state index in [9.17, 15) is 9.59 Å². The Morgan fingerprint density at radius 3 is 1.12 bits per heavy atom. The molecule has 0 spiro atoms. The van der Waals surface area contributed by atoms with E-state index < -0.39 is 36.4 Å². The summed E-state index contributed by atoms with van der Waals surface area (Å²) in [4.78, 5) is 20.2. The molecule has 4 atom stereocenters. The topological polar surface area (TPSA) is 156 Å². The van der Waals surface area contributed by atoms with E-state index in [2.05, 4.69) is 0 Å². The molecule has 16 heavy (non-hydrogen) atoms. The van der Waals surface area contributed by atoms with Crippen LogP contribution in [0.25, 0.3) is 0 Å². The quantitative estimate of drug-likeness (QED) is 0.270. The molecule has 0 rings (SSSR count). The van der Waals surface area contributed by atoms with Crippen LogP contribution in [0.4, 0.5) is 0 Å². The minimum absolute atomic E-state index is 0. The van der Waals surface area contributed by atoms with Crippen molar-refractivity contribution in [3.05, 3.63) is 0 Å². The molecule has 6 N–H and O–H groups in total. The predicted molar refractivity (Wildman–Crippen MR) is 41.5 cm³/mol. The molecular weight excluding hydrogens is 262 g/mol. The van der Waals surface area contributed by atoms with Crippen LogP contribution in [0.5, 0.6) is 0 Å². The summed E-state index contributed by atoms with van der Waals surface area (Å²) in [7, 11) is 0. The molecule has 4 unspecified atom stereocenters. The molecular formula is C6H12KNaO8. The molecule has 0 aliphatic heterocycles. The first-order valence-electron chi connectivity index (χ1n) is 3.47. The summed E-state index contributed by atoms with van der Waals surface area (Å²) in [6.45, 7) is 0. The minimum atomic E-state index is -2.36. The Labute approximate surface area is 158 Å². The van der Waals surface area contributed by atoms with Gasteiger partial charge in [0.2, 0.25) is 0 Å². The first kappa shape index (κ1) is 22.6. The maximum Gasteiger partial charge on any atom is 1.00 e. The molecule has 0 aliphatic carbocycles. The van der Waals surface area contributed by atoms with Crippen LogP contribution in [0.15, 0.2) is 0 Å². The number of hydrogen-bond acceptors (Lipinski definition) is 6. The van der Waals surface area contributed by atoms with Crippen LogP contribution >= 0.6 is 0 Å². The normalized spacial score (nSPS) is 17.0. The second kappa shape index (κ2) is 10.3. The maximum atomic E-state index is 10.1. The molecule has 0 radical (unpaired) electrons. The van der Waals surface area contributed by atoms with E-state index in [0.717, 1.165) is 0 Å². The number of aliphatic carboxylic acids is 2. The van der Waals surface area contributed by atoms with Gasteiger partial charge in [-0.2, -0.15) is 0 Å². The van der Waals surface area contributed by atoms with Crippen molar-refractivity contribution >= 4 is 11.9 Å². The molecule has 0 aromatic rings. The molecule has 0 fully saturated rings. The Morgan fingerprint density at radius 1 is 0.812 bits per heavy atom. The third-order valence-corrected chi connectivity index (χ3v) is 1.50. The minimum Gasteiger partial charge on any atom is -1.00 e. The van der Waals surface area contributed by atoms with Crippen LogP contribution in [0, 0.1) is 0 Å². The molecule has 0 amide bonds. The van der Waals surface area contributed by atoms with Gasteiger partial charge >= 0.3 is 92.9 Å². The van der Waals surface area contributed by atoms with Gasteiger partial charge in [-0.25, -0.2) is 9.59 Å². The van der Waals surface area contributed by atoms with Gasteiger partial charge in [0.15, 0.2) is 12.2 Å². The van der Waals surface area contributed by atoms with Crippen molar-refractivity contribution in [1.29, 1.82) is 0 Å². The van der Waals surface area contributed by atoms with Gasteiger partial charge in [0.05, 0.1) is 0 Å². The number of aliphatic hydroxyl groups is 4. The fraction of sp³-hybridized carbons (Fsp3) is 0.667. The second-order valence-corrected chi connectivity index (χ2v) is 2.55. The van der Waals surface area contributed by atoms with E-state index in [1.807, 2.05) is 0 Å². The smallest absolute Gasteiger partial charge is 1.00 e. The Kier molecular flexibility index (Phi) is 14.6. The molecule has 0 bridgehead atoms. The van der Waals surface area contributed by atoms with Crippen molar-refractivity contribution in [2.24, 2.45) is 0 Å². The van der Waals surface area contributed by atoms with Crippen LogP contribution < -0.4 is 80.9 Å². The first-order valence-corrected chi connectivity index (χ1v) is 3.47. The predicted octanol–water partition coefficient (Wildman–Crippen LogP) is -9.17. The average Bonchev–Trinajstić information content (AvgIpc) is 2.12. The summed E-state index contributed by atoms with van der Waals surface area (Å²) in [6.07, 6.45) is -9.28. The number of rotatable bonds is 5. The van der Waals surface area contributed by atoms with Crippen molar-refractivity contribution in [3.63, 3.8) is 0 Å². The molecule has 0 aromatic heterocycles. The van der Waals surface area contributed by atoms with E-state index in [1.165, 1.54) is 0 Å². The Bertz CT molecular complexity index is 222. The summed E-state index contributed by atoms with van der Waals surface area (Å²) >= 11 is 0. The van der Waals surface area contributed by atoms with Crippen LogP contribution in [0.2, 0.25) is 0 Å². The molecule has 10 heteroatoms. The standard InChI is InChI=1S/C6H10O8.K.Na.2H/c7-1(3(9)5(11)12)2(8)4(10)6(13)14;;;;/h1-4,7-10H,(H,11,12)(H,13,14);;;;/q;2*+1;2*-1. The molecule has 86 valence electrons. The van der Waals surface area contributed by atoms with Crippen molar-refractivity contribution in [2.45, 2.75) is 24.4 Å². The number of carboxylic acids is 2. The third kappa shape index (κ3) is 6.99. The van der Waals surface area contributed by atoms with Gasteiger partial charge in [-0.3, -0.25) is 0 Å². The Morgan fingerprint density at radius 2 is 1.00 bits per heavy atom. The summed E-state index contributed by atoms with van der Waals surface area (Å²) < 4.78 is 0. The molecule has 0 heterocycles.